The smallest absolute Gasteiger partial charge is 0.223 e. The van der Waals surface area contributed by atoms with E-state index in [4.69, 9.17) is 10.8 Å². The molecule has 3 N–H and O–H groups in total. The number of nitrogen functional groups attached to an aromatic ring is 1. The molecule has 0 radical (unpaired) electrons. The van der Waals surface area contributed by atoms with Crippen LogP contribution in [-0.2, 0) is 17.6 Å². The van der Waals surface area contributed by atoms with E-state index in [2.05, 4.69) is 20.3 Å². The van der Waals surface area contributed by atoms with Crippen LogP contribution in [0.5, 0.6) is 0 Å². The van der Waals surface area contributed by atoms with Crippen LogP contribution in [0.4, 0.5) is 15.2 Å². The van der Waals surface area contributed by atoms with Gasteiger partial charge in [-0.1, -0.05) is 11.3 Å². The van der Waals surface area contributed by atoms with E-state index in [0.717, 1.165) is 21.8 Å². The molecular weight excluding hydrogens is 405 g/mol. The molecule has 0 spiro atoms. The number of nitrogens with one attached hydrogen (secondary N) is 1. The van der Waals surface area contributed by atoms with Crippen molar-refractivity contribution >= 4 is 28.1 Å². The Bertz CT molecular complexity index is 1280. The fourth-order valence-corrected chi connectivity index (χ4v) is 4.69. The number of anilines is 2. The van der Waals surface area contributed by atoms with E-state index < -0.39 is 5.82 Å². The van der Waals surface area contributed by atoms with Gasteiger partial charge in [0.15, 0.2) is 10.9 Å². The zero-order valence-corrected chi connectivity index (χ0v) is 16.7. The van der Waals surface area contributed by atoms with Crippen LogP contribution in [0.2, 0.25) is 0 Å². The second kappa shape index (κ2) is 6.99. The summed E-state index contributed by atoms with van der Waals surface area (Å²) in [5, 5.41) is 7.96. The van der Waals surface area contributed by atoms with Crippen molar-refractivity contribution < 1.29 is 9.18 Å². The van der Waals surface area contributed by atoms with Crippen LogP contribution in [0.1, 0.15) is 18.2 Å². The average Bonchev–Trinajstić information content (AvgIpc) is 3.29. The van der Waals surface area contributed by atoms with Gasteiger partial charge < -0.3 is 11.1 Å². The molecule has 1 aliphatic carbocycles. The van der Waals surface area contributed by atoms with Gasteiger partial charge in [-0.3, -0.25) is 14.8 Å². The molecule has 0 fully saturated rings. The lowest BCUT2D eigenvalue weighted by atomic mass is 9.96. The first-order valence-electron chi connectivity index (χ1n) is 9.22. The number of halogens is 1. The minimum atomic E-state index is -0.482. The number of rotatable bonds is 3. The third kappa shape index (κ3) is 3.01. The Balaban J connectivity index is 1.77. The van der Waals surface area contributed by atoms with E-state index in [1.165, 1.54) is 24.3 Å². The van der Waals surface area contributed by atoms with Gasteiger partial charge in [0.1, 0.15) is 17.1 Å². The van der Waals surface area contributed by atoms with Crippen molar-refractivity contribution in [2.45, 2.75) is 19.8 Å². The zero-order chi connectivity index (χ0) is 20.8. The molecule has 10 heteroatoms. The predicted molar refractivity (Wildman–Crippen MR) is 112 cm³/mol. The Labute approximate surface area is 174 Å². The lowest BCUT2D eigenvalue weighted by Crippen LogP contribution is -2.07. The maximum atomic E-state index is 14.8. The van der Waals surface area contributed by atoms with Gasteiger partial charge in [0.2, 0.25) is 5.91 Å². The number of thiazole rings is 1. The molecule has 150 valence electrons. The standard InChI is InChI=1S/C20H16FN7OS/c1-10(29)25-20-26-14-4-3-12-17(15-9-23-6-7-24-15)27-28(18(12)19(14)30-20)16-5-2-11(22)8-13(16)21/h2,5-9H,3-4,22H2,1H3,(H,25,26,29). The molecule has 5 rings (SSSR count). The molecule has 1 amide bonds. The van der Waals surface area contributed by atoms with Gasteiger partial charge >= 0.3 is 0 Å². The third-order valence-corrected chi connectivity index (χ3v) is 5.82. The van der Waals surface area contributed by atoms with E-state index >= 15 is 0 Å². The van der Waals surface area contributed by atoms with Crippen LogP contribution in [0, 0.1) is 5.82 Å². The molecule has 0 unspecified atom stereocenters. The molecule has 4 aromatic rings. The van der Waals surface area contributed by atoms with Crippen molar-refractivity contribution in [2.75, 3.05) is 11.1 Å². The first kappa shape index (κ1) is 18.4. The molecule has 0 atom stereocenters. The highest BCUT2D eigenvalue weighted by molar-refractivity contribution is 7.19. The summed E-state index contributed by atoms with van der Waals surface area (Å²) in [4.78, 5) is 25.4. The van der Waals surface area contributed by atoms with Crippen LogP contribution in [0.15, 0.2) is 36.8 Å². The Hall–Kier alpha value is -3.66. The minimum absolute atomic E-state index is 0.195. The Morgan fingerprint density at radius 3 is 2.90 bits per heavy atom. The number of amides is 1. The summed E-state index contributed by atoms with van der Waals surface area (Å²) in [6, 6.07) is 4.50. The first-order valence-corrected chi connectivity index (χ1v) is 10.0. The first-order chi connectivity index (χ1) is 14.5. The maximum Gasteiger partial charge on any atom is 0.223 e. The number of hydrogen-bond donors (Lipinski definition) is 2. The van der Waals surface area contributed by atoms with Gasteiger partial charge in [-0.05, 0) is 31.0 Å². The van der Waals surface area contributed by atoms with Crippen molar-refractivity contribution in [1.29, 1.82) is 0 Å². The van der Waals surface area contributed by atoms with Gasteiger partial charge in [0.25, 0.3) is 0 Å². The number of benzene rings is 1. The molecule has 0 aliphatic heterocycles. The summed E-state index contributed by atoms with van der Waals surface area (Å²) in [5.41, 5.74) is 10.1. The van der Waals surface area contributed by atoms with E-state index in [0.29, 0.717) is 35.0 Å². The summed E-state index contributed by atoms with van der Waals surface area (Å²) in [7, 11) is 0. The van der Waals surface area contributed by atoms with E-state index in [-0.39, 0.29) is 11.6 Å². The Morgan fingerprint density at radius 1 is 1.30 bits per heavy atom. The fraction of sp³-hybridized carbons (Fsp3) is 0.150. The molecule has 3 aromatic heterocycles. The summed E-state index contributed by atoms with van der Waals surface area (Å²) in [6.07, 6.45) is 6.17. The lowest BCUT2D eigenvalue weighted by Gasteiger charge is -2.14. The van der Waals surface area contributed by atoms with Crippen LogP contribution >= 0.6 is 11.3 Å². The topological polar surface area (TPSA) is 112 Å². The summed E-state index contributed by atoms with van der Waals surface area (Å²) in [6.45, 7) is 1.44. The molecule has 30 heavy (non-hydrogen) atoms. The second-order valence-corrected chi connectivity index (χ2v) is 7.86. The Morgan fingerprint density at radius 2 is 2.17 bits per heavy atom. The highest BCUT2D eigenvalue weighted by Gasteiger charge is 2.31. The molecule has 1 aliphatic rings. The lowest BCUT2D eigenvalue weighted by molar-refractivity contribution is -0.114. The molecule has 0 saturated carbocycles. The maximum absolute atomic E-state index is 14.8. The minimum Gasteiger partial charge on any atom is -0.399 e. The molecule has 0 saturated heterocycles. The monoisotopic (exact) mass is 421 g/mol. The molecule has 8 nitrogen and oxygen atoms in total. The predicted octanol–water partition coefficient (Wildman–Crippen LogP) is 3.23. The quantitative estimate of drug-likeness (QED) is 0.491. The van der Waals surface area contributed by atoms with Gasteiger partial charge in [-0.15, -0.1) is 0 Å². The van der Waals surface area contributed by atoms with Crippen LogP contribution < -0.4 is 11.1 Å². The van der Waals surface area contributed by atoms with Gasteiger partial charge in [0, 0.05) is 30.6 Å². The van der Waals surface area contributed by atoms with E-state index in [1.807, 2.05) is 0 Å². The molecule has 1 aromatic carbocycles. The van der Waals surface area contributed by atoms with Crippen molar-refractivity contribution in [3.05, 3.63) is 53.9 Å². The average molecular weight is 421 g/mol. The number of nitrogens with zero attached hydrogens (tertiary/aromatic N) is 5. The van der Waals surface area contributed by atoms with Crippen molar-refractivity contribution in [3.63, 3.8) is 0 Å². The Kier molecular flexibility index (Phi) is 4.28. The number of carbonyl (C=O) groups excluding carboxylic acids is 1. The van der Waals surface area contributed by atoms with E-state index in [9.17, 15) is 9.18 Å². The van der Waals surface area contributed by atoms with Gasteiger partial charge in [-0.2, -0.15) is 5.10 Å². The number of aromatic nitrogens is 5. The van der Waals surface area contributed by atoms with Gasteiger partial charge in [0.05, 0.1) is 22.5 Å². The summed E-state index contributed by atoms with van der Waals surface area (Å²) < 4.78 is 16.4. The zero-order valence-electron chi connectivity index (χ0n) is 15.9. The normalized spacial score (nSPS) is 12.3. The van der Waals surface area contributed by atoms with Crippen molar-refractivity contribution in [1.82, 2.24) is 24.7 Å². The van der Waals surface area contributed by atoms with Crippen LogP contribution in [-0.4, -0.2) is 30.6 Å². The largest absolute Gasteiger partial charge is 0.399 e. The molecule has 3 heterocycles. The summed E-state index contributed by atoms with van der Waals surface area (Å²) >= 11 is 1.35. The molecular formula is C20H16FN7OS. The third-order valence-electron chi connectivity index (χ3n) is 4.80. The highest BCUT2D eigenvalue weighted by Crippen LogP contribution is 2.44. The van der Waals surface area contributed by atoms with Crippen molar-refractivity contribution in [3.8, 4) is 27.6 Å². The van der Waals surface area contributed by atoms with E-state index in [1.54, 1.807) is 35.4 Å². The number of carbonyl (C=O) groups is 1. The van der Waals surface area contributed by atoms with Crippen molar-refractivity contribution in [2.24, 2.45) is 0 Å². The number of fused-ring (bicyclic) bond motifs is 3. The number of aryl methyl sites for hydroxylation is 1. The fourth-order valence-electron chi connectivity index (χ4n) is 3.57. The second-order valence-electron chi connectivity index (χ2n) is 6.87. The number of nitrogens with two attached hydrogens (primary N) is 1. The summed E-state index contributed by atoms with van der Waals surface area (Å²) in [5.74, 6) is -0.677. The van der Waals surface area contributed by atoms with Gasteiger partial charge in [-0.25, -0.2) is 14.1 Å². The number of hydrogen-bond acceptors (Lipinski definition) is 7. The highest BCUT2D eigenvalue weighted by atomic mass is 32.1. The SMILES string of the molecule is CC(=O)Nc1nc2c(s1)-c1c(c(-c3cnccn3)nn1-c1ccc(N)cc1F)CC2. The van der Waals surface area contributed by atoms with Crippen LogP contribution in [0.3, 0.4) is 0 Å². The van der Waals surface area contributed by atoms with Crippen LogP contribution in [0.25, 0.3) is 27.6 Å². The molecule has 0 bridgehead atoms.